The molecule has 0 fully saturated rings. The minimum atomic E-state index is -0.122. The van der Waals surface area contributed by atoms with Crippen LogP contribution < -0.4 is 5.32 Å². The first-order chi connectivity index (χ1) is 11.7. The van der Waals surface area contributed by atoms with Gasteiger partial charge in [-0.15, -0.1) is 0 Å². The zero-order chi connectivity index (χ0) is 17.9. The first-order valence-corrected chi connectivity index (χ1v) is 10.3. The first kappa shape index (κ1) is 23.2. The van der Waals surface area contributed by atoms with Crippen LogP contribution in [0.15, 0.2) is 12.2 Å². The van der Waals surface area contributed by atoms with Gasteiger partial charge in [-0.1, -0.05) is 70.4 Å². The Balaban J connectivity index is 3.20. The number of aliphatic hydroxyl groups is 1. The molecule has 3 heteroatoms. The molecule has 0 aliphatic rings. The van der Waals surface area contributed by atoms with Crippen LogP contribution in [0.2, 0.25) is 0 Å². The summed E-state index contributed by atoms with van der Waals surface area (Å²) in [7, 11) is 0. The van der Waals surface area contributed by atoms with Crippen molar-refractivity contribution in [2.75, 3.05) is 6.61 Å². The van der Waals surface area contributed by atoms with E-state index < -0.39 is 0 Å². The van der Waals surface area contributed by atoms with Gasteiger partial charge in [0.25, 0.3) is 0 Å². The molecule has 0 saturated heterocycles. The minimum Gasteiger partial charge on any atom is -0.394 e. The lowest BCUT2D eigenvalue weighted by Crippen LogP contribution is -2.34. The van der Waals surface area contributed by atoms with Gasteiger partial charge in [0.15, 0.2) is 0 Å². The predicted molar refractivity (Wildman–Crippen MR) is 104 cm³/mol. The fourth-order valence-corrected chi connectivity index (χ4v) is 2.75. The quantitative estimate of drug-likeness (QED) is 0.271. The number of carbonyl (C=O) groups excluding carboxylic acids is 1. The van der Waals surface area contributed by atoms with Gasteiger partial charge < -0.3 is 10.4 Å². The van der Waals surface area contributed by atoms with Crippen LogP contribution in [0.1, 0.15) is 104 Å². The Kier molecular flexibility index (Phi) is 17.9. The number of aliphatic hydroxyl groups excluding tert-OH is 1. The molecule has 0 radical (unpaired) electrons. The summed E-state index contributed by atoms with van der Waals surface area (Å²) in [5.74, 6) is 0.0676. The lowest BCUT2D eigenvalue weighted by Gasteiger charge is -2.10. The fraction of sp³-hybridized carbons (Fsp3) is 0.857. The van der Waals surface area contributed by atoms with Gasteiger partial charge in [-0.2, -0.15) is 0 Å². The van der Waals surface area contributed by atoms with Crippen molar-refractivity contribution < 1.29 is 9.90 Å². The third-order valence-electron chi connectivity index (χ3n) is 4.35. The van der Waals surface area contributed by atoms with Gasteiger partial charge in [-0.25, -0.2) is 0 Å². The van der Waals surface area contributed by atoms with Gasteiger partial charge in [0.2, 0.25) is 5.91 Å². The van der Waals surface area contributed by atoms with Gasteiger partial charge in [0.1, 0.15) is 0 Å². The Bertz CT molecular complexity index is 302. The van der Waals surface area contributed by atoms with Crippen molar-refractivity contribution in [3.8, 4) is 0 Å². The SMILES string of the molecule is CCCCCCC=CCCCCCCCCCC(=O)NC(C)CO. The van der Waals surface area contributed by atoms with Crippen molar-refractivity contribution in [1.82, 2.24) is 5.32 Å². The van der Waals surface area contributed by atoms with E-state index in [1.165, 1.54) is 70.6 Å². The van der Waals surface area contributed by atoms with Gasteiger partial charge in [0.05, 0.1) is 6.61 Å². The van der Waals surface area contributed by atoms with Crippen LogP contribution in [-0.2, 0) is 4.79 Å². The summed E-state index contributed by atoms with van der Waals surface area (Å²) in [6.45, 7) is 4.09. The average molecular weight is 340 g/mol. The van der Waals surface area contributed by atoms with Crippen molar-refractivity contribution in [2.24, 2.45) is 0 Å². The lowest BCUT2D eigenvalue weighted by atomic mass is 10.1. The number of nitrogens with one attached hydrogen (secondary N) is 1. The molecular weight excluding hydrogens is 298 g/mol. The second kappa shape index (κ2) is 18.5. The van der Waals surface area contributed by atoms with Crippen molar-refractivity contribution in [1.29, 1.82) is 0 Å². The molecule has 0 aliphatic carbocycles. The monoisotopic (exact) mass is 339 g/mol. The molecule has 2 N–H and O–H groups in total. The molecule has 1 unspecified atom stereocenters. The van der Waals surface area contributed by atoms with Crippen molar-refractivity contribution >= 4 is 5.91 Å². The zero-order valence-electron chi connectivity index (χ0n) is 16.2. The van der Waals surface area contributed by atoms with E-state index in [4.69, 9.17) is 5.11 Å². The van der Waals surface area contributed by atoms with Gasteiger partial charge >= 0.3 is 0 Å². The third-order valence-corrected chi connectivity index (χ3v) is 4.35. The van der Waals surface area contributed by atoms with Crippen LogP contribution in [0.25, 0.3) is 0 Å². The standard InChI is InChI=1S/C21H41NO2/c1-3-4-5-6-7-8-9-10-11-12-13-14-15-16-17-18-21(24)22-20(2)19-23/h8-9,20,23H,3-7,10-19H2,1-2H3,(H,22,24). The van der Waals surface area contributed by atoms with Crippen molar-refractivity contribution in [3.63, 3.8) is 0 Å². The second-order valence-electron chi connectivity index (χ2n) is 6.99. The van der Waals surface area contributed by atoms with E-state index in [0.717, 1.165) is 12.8 Å². The van der Waals surface area contributed by atoms with E-state index >= 15 is 0 Å². The Morgan fingerprint density at radius 2 is 1.38 bits per heavy atom. The van der Waals surface area contributed by atoms with E-state index in [1.54, 1.807) is 0 Å². The summed E-state index contributed by atoms with van der Waals surface area (Å²) in [6, 6.07) is -0.122. The highest BCUT2D eigenvalue weighted by molar-refractivity contribution is 5.76. The van der Waals surface area contributed by atoms with E-state index in [9.17, 15) is 4.79 Å². The number of unbranched alkanes of at least 4 members (excludes halogenated alkanes) is 11. The minimum absolute atomic E-state index is 0.0137. The molecule has 0 spiro atoms. The maximum absolute atomic E-state index is 11.5. The highest BCUT2D eigenvalue weighted by Crippen LogP contribution is 2.10. The highest BCUT2D eigenvalue weighted by atomic mass is 16.3. The van der Waals surface area contributed by atoms with Crippen LogP contribution in [-0.4, -0.2) is 23.7 Å². The molecule has 0 aromatic heterocycles. The lowest BCUT2D eigenvalue weighted by molar-refractivity contribution is -0.122. The number of rotatable bonds is 17. The summed E-state index contributed by atoms with van der Waals surface area (Å²) in [5, 5.41) is 11.7. The van der Waals surface area contributed by atoms with Gasteiger partial charge in [-0.05, 0) is 39.0 Å². The molecule has 1 amide bonds. The van der Waals surface area contributed by atoms with Crippen LogP contribution in [0.3, 0.4) is 0 Å². The molecule has 0 aliphatic heterocycles. The predicted octanol–water partition coefficient (Wildman–Crippen LogP) is 5.52. The Morgan fingerprint density at radius 3 is 1.92 bits per heavy atom. The summed E-state index contributed by atoms with van der Waals surface area (Å²) in [4.78, 5) is 11.5. The molecule has 0 aromatic carbocycles. The summed E-state index contributed by atoms with van der Waals surface area (Å²) >= 11 is 0. The zero-order valence-corrected chi connectivity index (χ0v) is 16.2. The van der Waals surface area contributed by atoms with E-state index in [-0.39, 0.29) is 18.6 Å². The van der Waals surface area contributed by atoms with Crippen LogP contribution in [0.4, 0.5) is 0 Å². The molecule has 0 rings (SSSR count). The van der Waals surface area contributed by atoms with E-state index in [0.29, 0.717) is 6.42 Å². The molecule has 0 heterocycles. The Labute approximate surface area is 150 Å². The highest BCUT2D eigenvalue weighted by Gasteiger charge is 2.05. The van der Waals surface area contributed by atoms with Gasteiger partial charge in [0, 0.05) is 12.5 Å². The summed E-state index contributed by atoms with van der Waals surface area (Å²) in [6.07, 6.45) is 21.8. The third kappa shape index (κ3) is 17.5. The Hall–Kier alpha value is -0.830. The summed E-state index contributed by atoms with van der Waals surface area (Å²) in [5.41, 5.74) is 0. The summed E-state index contributed by atoms with van der Waals surface area (Å²) < 4.78 is 0. The van der Waals surface area contributed by atoms with Gasteiger partial charge in [-0.3, -0.25) is 4.79 Å². The molecule has 24 heavy (non-hydrogen) atoms. The molecule has 0 saturated carbocycles. The van der Waals surface area contributed by atoms with Crippen molar-refractivity contribution in [3.05, 3.63) is 12.2 Å². The topological polar surface area (TPSA) is 49.3 Å². The van der Waals surface area contributed by atoms with Crippen LogP contribution >= 0.6 is 0 Å². The maximum Gasteiger partial charge on any atom is 0.220 e. The first-order valence-electron chi connectivity index (χ1n) is 10.3. The molecule has 3 nitrogen and oxygen atoms in total. The number of allylic oxidation sites excluding steroid dienone is 2. The fourth-order valence-electron chi connectivity index (χ4n) is 2.75. The largest absolute Gasteiger partial charge is 0.394 e. The number of hydrogen-bond acceptors (Lipinski definition) is 2. The molecule has 0 aromatic rings. The Morgan fingerprint density at radius 1 is 0.875 bits per heavy atom. The van der Waals surface area contributed by atoms with E-state index in [2.05, 4.69) is 24.4 Å². The van der Waals surface area contributed by atoms with E-state index in [1.807, 2.05) is 6.92 Å². The second-order valence-corrected chi connectivity index (χ2v) is 6.99. The maximum atomic E-state index is 11.5. The molecular formula is C21H41NO2. The van der Waals surface area contributed by atoms with Crippen molar-refractivity contribution in [2.45, 2.75) is 110 Å². The molecule has 1 atom stereocenters. The van der Waals surface area contributed by atoms with Crippen LogP contribution in [0, 0.1) is 0 Å². The smallest absolute Gasteiger partial charge is 0.220 e. The normalized spacial score (nSPS) is 12.6. The molecule has 142 valence electrons. The number of carbonyl (C=O) groups is 1. The number of hydrogen-bond donors (Lipinski definition) is 2. The number of amides is 1. The van der Waals surface area contributed by atoms with Crippen LogP contribution in [0.5, 0.6) is 0 Å². The molecule has 0 bridgehead atoms. The average Bonchev–Trinajstić information content (AvgIpc) is 2.58.